The molecule has 4 nitrogen and oxygen atoms in total. The van der Waals surface area contributed by atoms with Crippen molar-refractivity contribution in [2.75, 3.05) is 32.1 Å². The van der Waals surface area contributed by atoms with Crippen molar-refractivity contribution in [3.8, 4) is 16.9 Å². The molecule has 2 aromatic carbocycles. The van der Waals surface area contributed by atoms with Gasteiger partial charge in [0.15, 0.2) is 0 Å². The van der Waals surface area contributed by atoms with Crippen molar-refractivity contribution < 1.29 is 9.53 Å². The molecule has 1 N–H and O–H groups in total. The molecule has 1 aliphatic heterocycles. The van der Waals surface area contributed by atoms with Crippen molar-refractivity contribution in [3.05, 3.63) is 48.5 Å². The van der Waals surface area contributed by atoms with E-state index in [1.807, 2.05) is 48.5 Å². The van der Waals surface area contributed by atoms with Gasteiger partial charge in [-0.05, 0) is 49.1 Å². The number of nitrogens with one attached hydrogen (secondary N) is 1. The molecule has 0 bridgehead atoms. The van der Waals surface area contributed by atoms with Crippen LogP contribution in [0.15, 0.2) is 48.5 Å². The molecule has 1 saturated heterocycles. The molecule has 1 amide bonds. The molecule has 0 saturated carbocycles. The van der Waals surface area contributed by atoms with E-state index in [1.54, 1.807) is 7.11 Å². The number of hydrogen-bond acceptors (Lipinski definition) is 3. The molecule has 0 aliphatic carbocycles. The van der Waals surface area contributed by atoms with E-state index in [-0.39, 0.29) is 11.8 Å². The summed E-state index contributed by atoms with van der Waals surface area (Å²) < 4.78 is 5.24. The van der Waals surface area contributed by atoms with Gasteiger partial charge >= 0.3 is 0 Å². The Hall–Kier alpha value is -2.33. The SMILES string of the molecule is COc1ccc(-c2ccccc2NC(=O)C2CCCN(CC(C)C)C2)cc1. The Kier molecular flexibility index (Phi) is 6.51. The highest BCUT2D eigenvalue weighted by Gasteiger charge is 2.26. The Morgan fingerprint density at radius 3 is 2.63 bits per heavy atom. The van der Waals surface area contributed by atoms with Gasteiger partial charge in [-0.3, -0.25) is 4.79 Å². The molecule has 0 radical (unpaired) electrons. The van der Waals surface area contributed by atoms with E-state index < -0.39 is 0 Å². The molecule has 1 aliphatic rings. The van der Waals surface area contributed by atoms with Crippen LogP contribution < -0.4 is 10.1 Å². The zero-order valence-corrected chi connectivity index (χ0v) is 16.6. The van der Waals surface area contributed by atoms with Gasteiger partial charge in [0.05, 0.1) is 13.0 Å². The van der Waals surface area contributed by atoms with Gasteiger partial charge in [-0.15, -0.1) is 0 Å². The van der Waals surface area contributed by atoms with Crippen molar-refractivity contribution in [1.82, 2.24) is 4.90 Å². The molecule has 27 heavy (non-hydrogen) atoms. The molecule has 2 aromatic rings. The standard InChI is InChI=1S/C23H30N2O2/c1-17(2)15-25-14-6-7-19(16-25)23(26)24-22-9-5-4-8-21(22)18-10-12-20(27-3)13-11-18/h4-5,8-13,17,19H,6-7,14-16H2,1-3H3,(H,24,26). The number of carbonyl (C=O) groups excluding carboxylic acids is 1. The lowest BCUT2D eigenvalue weighted by atomic mass is 9.95. The normalized spacial score (nSPS) is 17.7. The Bertz CT molecular complexity index is 755. The third-order valence-corrected chi connectivity index (χ3v) is 5.09. The Balaban J connectivity index is 1.72. The fourth-order valence-corrected chi connectivity index (χ4v) is 3.80. The van der Waals surface area contributed by atoms with Gasteiger partial charge in [-0.25, -0.2) is 0 Å². The van der Waals surface area contributed by atoms with Gasteiger partial charge in [0.2, 0.25) is 5.91 Å². The molecule has 3 rings (SSSR count). The van der Waals surface area contributed by atoms with Gasteiger partial charge in [0.1, 0.15) is 5.75 Å². The summed E-state index contributed by atoms with van der Waals surface area (Å²) >= 11 is 0. The fraction of sp³-hybridized carbons (Fsp3) is 0.435. The largest absolute Gasteiger partial charge is 0.497 e. The Morgan fingerprint density at radius 2 is 1.93 bits per heavy atom. The highest BCUT2D eigenvalue weighted by Crippen LogP contribution is 2.30. The lowest BCUT2D eigenvalue weighted by molar-refractivity contribution is -0.121. The maximum Gasteiger partial charge on any atom is 0.228 e. The van der Waals surface area contributed by atoms with E-state index in [1.165, 1.54) is 0 Å². The quantitative estimate of drug-likeness (QED) is 0.808. The van der Waals surface area contributed by atoms with Gasteiger partial charge in [0, 0.05) is 24.3 Å². The molecule has 1 fully saturated rings. The third kappa shape index (κ3) is 5.10. The van der Waals surface area contributed by atoms with Gasteiger partial charge in [-0.1, -0.05) is 44.2 Å². The summed E-state index contributed by atoms with van der Waals surface area (Å²) in [5.74, 6) is 1.64. The van der Waals surface area contributed by atoms with Crippen LogP contribution in [0.1, 0.15) is 26.7 Å². The number of ether oxygens (including phenoxy) is 1. The molecular formula is C23H30N2O2. The van der Waals surface area contributed by atoms with Crippen LogP contribution in [0.5, 0.6) is 5.75 Å². The number of benzene rings is 2. The summed E-state index contributed by atoms with van der Waals surface area (Å²) in [6.45, 7) is 7.48. The van der Waals surface area contributed by atoms with Crippen LogP contribution in [0.3, 0.4) is 0 Å². The number of rotatable bonds is 6. The van der Waals surface area contributed by atoms with Gasteiger partial charge < -0.3 is 15.0 Å². The number of nitrogens with zero attached hydrogens (tertiary/aromatic N) is 1. The van der Waals surface area contributed by atoms with E-state index >= 15 is 0 Å². The van der Waals surface area contributed by atoms with E-state index in [9.17, 15) is 4.79 Å². The molecule has 1 unspecified atom stereocenters. The molecule has 144 valence electrons. The van der Waals surface area contributed by atoms with Crippen molar-refractivity contribution in [2.24, 2.45) is 11.8 Å². The van der Waals surface area contributed by atoms with Crippen molar-refractivity contribution in [1.29, 1.82) is 0 Å². The minimum absolute atomic E-state index is 0.0569. The summed E-state index contributed by atoms with van der Waals surface area (Å²) in [5, 5.41) is 3.18. The lowest BCUT2D eigenvalue weighted by Gasteiger charge is -2.33. The van der Waals surface area contributed by atoms with Crippen molar-refractivity contribution in [3.63, 3.8) is 0 Å². The number of likely N-dealkylation sites (tertiary alicyclic amines) is 1. The summed E-state index contributed by atoms with van der Waals surface area (Å²) in [5.41, 5.74) is 2.97. The lowest BCUT2D eigenvalue weighted by Crippen LogP contribution is -2.42. The van der Waals surface area contributed by atoms with Crippen molar-refractivity contribution >= 4 is 11.6 Å². The van der Waals surface area contributed by atoms with Crippen LogP contribution in [0.4, 0.5) is 5.69 Å². The summed E-state index contributed by atoms with van der Waals surface area (Å²) in [6, 6.07) is 15.9. The highest BCUT2D eigenvalue weighted by molar-refractivity contribution is 5.97. The first-order valence-corrected chi connectivity index (χ1v) is 9.83. The fourth-order valence-electron chi connectivity index (χ4n) is 3.80. The van der Waals surface area contributed by atoms with Crippen LogP contribution >= 0.6 is 0 Å². The molecule has 1 atom stereocenters. The molecule has 0 spiro atoms. The topological polar surface area (TPSA) is 41.6 Å². The minimum Gasteiger partial charge on any atom is -0.497 e. The van der Waals surface area contributed by atoms with Crippen LogP contribution in [0, 0.1) is 11.8 Å². The first kappa shape index (κ1) is 19.4. The number of piperidine rings is 1. The van der Waals surface area contributed by atoms with E-state index in [4.69, 9.17) is 4.74 Å². The van der Waals surface area contributed by atoms with Crippen LogP contribution in [-0.4, -0.2) is 37.6 Å². The summed E-state index contributed by atoms with van der Waals surface area (Å²) in [4.78, 5) is 15.3. The van der Waals surface area contributed by atoms with E-state index in [2.05, 4.69) is 24.1 Å². The average Bonchev–Trinajstić information content (AvgIpc) is 2.68. The van der Waals surface area contributed by atoms with E-state index in [0.717, 1.165) is 55.0 Å². The van der Waals surface area contributed by atoms with E-state index in [0.29, 0.717) is 5.92 Å². The Morgan fingerprint density at radius 1 is 1.19 bits per heavy atom. The second-order valence-corrected chi connectivity index (χ2v) is 7.76. The number of para-hydroxylation sites is 1. The summed E-state index contributed by atoms with van der Waals surface area (Å²) in [6.07, 6.45) is 2.05. The van der Waals surface area contributed by atoms with Crippen LogP contribution in [0.2, 0.25) is 0 Å². The predicted molar refractivity (Wildman–Crippen MR) is 111 cm³/mol. The maximum absolute atomic E-state index is 12.9. The molecule has 4 heteroatoms. The smallest absolute Gasteiger partial charge is 0.228 e. The van der Waals surface area contributed by atoms with Crippen LogP contribution in [0.25, 0.3) is 11.1 Å². The molecule has 0 aromatic heterocycles. The molecular weight excluding hydrogens is 336 g/mol. The number of methoxy groups -OCH3 is 1. The Labute approximate surface area is 162 Å². The summed E-state index contributed by atoms with van der Waals surface area (Å²) in [7, 11) is 1.66. The monoisotopic (exact) mass is 366 g/mol. The second kappa shape index (κ2) is 9.05. The second-order valence-electron chi connectivity index (χ2n) is 7.76. The molecule has 1 heterocycles. The zero-order chi connectivity index (χ0) is 19.2. The predicted octanol–water partition coefficient (Wildman–Crippen LogP) is 4.67. The minimum atomic E-state index is 0.0569. The zero-order valence-electron chi connectivity index (χ0n) is 16.6. The van der Waals surface area contributed by atoms with Gasteiger partial charge in [-0.2, -0.15) is 0 Å². The third-order valence-electron chi connectivity index (χ3n) is 5.09. The average molecular weight is 367 g/mol. The number of carbonyl (C=O) groups is 1. The first-order valence-electron chi connectivity index (χ1n) is 9.83. The van der Waals surface area contributed by atoms with Gasteiger partial charge in [0.25, 0.3) is 0 Å². The highest BCUT2D eigenvalue weighted by atomic mass is 16.5. The van der Waals surface area contributed by atoms with Crippen molar-refractivity contribution in [2.45, 2.75) is 26.7 Å². The van der Waals surface area contributed by atoms with Crippen LogP contribution in [-0.2, 0) is 4.79 Å². The number of amides is 1. The number of hydrogen-bond donors (Lipinski definition) is 1. The number of anilines is 1. The maximum atomic E-state index is 12.9. The first-order chi connectivity index (χ1) is 13.1.